The molecule has 2 fully saturated rings. The molecule has 0 radical (unpaired) electrons. The molecule has 0 bridgehead atoms. The third-order valence-corrected chi connectivity index (χ3v) is 4.19. The molecule has 2 aliphatic heterocycles. The summed E-state index contributed by atoms with van der Waals surface area (Å²) in [6.07, 6.45) is -2.57. The van der Waals surface area contributed by atoms with Crippen LogP contribution >= 0.6 is 0 Å². The van der Waals surface area contributed by atoms with Crippen LogP contribution in [0.2, 0.25) is 0 Å². The molecule has 0 aromatic carbocycles. The van der Waals surface area contributed by atoms with Gasteiger partial charge in [-0.3, -0.25) is 9.59 Å². The van der Waals surface area contributed by atoms with Crippen LogP contribution in [0.4, 0.5) is 0 Å². The van der Waals surface area contributed by atoms with E-state index in [1.54, 1.807) is 6.92 Å². The third kappa shape index (κ3) is 3.70. The summed E-state index contributed by atoms with van der Waals surface area (Å²) < 4.78 is 42.7. The van der Waals surface area contributed by atoms with E-state index in [1.165, 1.54) is 13.8 Å². The smallest absolute Gasteiger partial charge is 0.400 e. The Morgan fingerprint density at radius 1 is 1.29 bits per heavy atom. The van der Waals surface area contributed by atoms with E-state index in [2.05, 4.69) is 9.50 Å². The minimum atomic E-state index is -4.08. The first-order chi connectivity index (χ1) is 9.69. The van der Waals surface area contributed by atoms with Crippen molar-refractivity contribution in [2.75, 3.05) is 6.61 Å². The van der Waals surface area contributed by atoms with Crippen molar-refractivity contribution in [3.05, 3.63) is 0 Å². The molecule has 120 valence electrons. The first kappa shape index (κ1) is 16.1. The number of hydrogen-bond acceptors (Lipinski definition) is 8. The van der Waals surface area contributed by atoms with Crippen molar-refractivity contribution in [1.29, 1.82) is 0 Å². The van der Waals surface area contributed by atoms with Gasteiger partial charge in [0, 0.05) is 19.8 Å². The van der Waals surface area contributed by atoms with Gasteiger partial charge in [-0.1, -0.05) is 6.92 Å². The molecule has 5 unspecified atom stereocenters. The molecule has 2 heterocycles. The van der Waals surface area contributed by atoms with Gasteiger partial charge >= 0.3 is 16.4 Å². The standard InChI is InChI=1S/C11H17NO8S/c1-5-9(12-6(2)13)11(18-7(3)14)19-8-4-17-21(15,16)20-10(5)8/h5,8-11H,4H2,1-3H3,(H,12,13). The first-order valence-electron chi connectivity index (χ1n) is 6.37. The zero-order chi connectivity index (χ0) is 15.8. The van der Waals surface area contributed by atoms with Gasteiger partial charge in [0.05, 0.1) is 12.6 Å². The van der Waals surface area contributed by atoms with Gasteiger partial charge in [-0.25, -0.2) is 8.37 Å². The maximum absolute atomic E-state index is 11.4. The zero-order valence-electron chi connectivity index (χ0n) is 11.8. The lowest BCUT2D eigenvalue weighted by molar-refractivity contribution is -0.252. The maximum Gasteiger partial charge on any atom is 0.400 e. The summed E-state index contributed by atoms with van der Waals surface area (Å²) in [6, 6.07) is -0.721. The SMILES string of the molecule is CC(=O)NC1C(OC(C)=O)OC2COS(=O)(=O)OC2C1C. The molecule has 2 saturated heterocycles. The number of rotatable bonds is 2. The molecule has 9 nitrogen and oxygen atoms in total. The topological polar surface area (TPSA) is 117 Å². The highest BCUT2D eigenvalue weighted by atomic mass is 32.3. The molecule has 21 heavy (non-hydrogen) atoms. The molecule has 2 aliphatic rings. The highest BCUT2D eigenvalue weighted by Crippen LogP contribution is 2.33. The summed E-state index contributed by atoms with van der Waals surface area (Å²) in [4.78, 5) is 22.4. The van der Waals surface area contributed by atoms with E-state index in [9.17, 15) is 18.0 Å². The fourth-order valence-electron chi connectivity index (χ4n) is 2.42. The van der Waals surface area contributed by atoms with Crippen molar-refractivity contribution in [2.24, 2.45) is 5.92 Å². The second-order valence-corrected chi connectivity index (χ2v) is 6.24. The largest absolute Gasteiger partial charge is 0.434 e. The number of carbonyl (C=O) groups is 2. The fourth-order valence-corrected chi connectivity index (χ4v) is 3.35. The van der Waals surface area contributed by atoms with Gasteiger partial charge in [0.1, 0.15) is 12.2 Å². The quantitative estimate of drug-likeness (QED) is 0.648. The second-order valence-electron chi connectivity index (χ2n) is 4.99. The van der Waals surface area contributed by atoms with Gasteiger partial charge in [0.15, 0.2) is 0 Å². The highest BCUT2D eigenvalue weighted by molar-refractivity contribution is 7.81. The lowest BCUT2D eigenvalue weighted by Gasteiger charge is -2.45. The summed E-state index contributed by atoms with van der Waals surface area (Å²) >= 11 is 0. The third-order valence-electron chi connectivity index (χ3n) is 3.31. The Labute approximate surface area is 122 Å². The highest BCUT2D eigenvalue weighted by Gasteiger charge is 2.50. The molecule has 0 spiro atoms. The molecular formula is C11H17NO8S. The molecule has 1 amide bonds. The summed E-state index contributed by atoms with van der Waals surface area (Å²) in [6.45, 7) is 3.95. The number of fused-ring (bicyclic) bond motifs is 1. The molecule has 0 aromatic heterocycles. The molecule has 0 aliphatic carbocycles. The van der Waals surface area contributed by atoms with Crippen LogP contribution < -0.4 is 5.32 Å². The van der Waals surface area contributed by atoms with E-state index in [4.69, 9.17) is 13.7 Å². The Balaban J connectivity index is 2.22. The van der Waals surface area contributed by atoms with Crippen LogP contribution in [-0.2, 0) is 37.8 Å². The van der Waals surface area contributed by atoms with Gasteiger partial charge < -0.3 is 14.8 Å². The predicted molar refractivity (Wildman–Crippen MR) is 66.9 cm³/mol. The van der Waals surface area contributed by atoms with E-state index >= 15 is 0 Å². The van der Waals surface area contributed by atoms with Crippen LogP contribution in [0.1, 0.15) is 20.8 Å². The zero-order valence-corrected chi connectivity index (χ0v) is 12.6. The summed E-state index contributed by atoms with van der Waals surface area (Å²) in [7, 11) is -4.08. The second kappa shape index (κ2) is 5.87. The van der Waals surface area contributed by atoms with Gasteiger partial charge in [-0.2, -0.15) is 8.42 Å². The summed E-state index contributed by atoms with van der Waals surface area (Å²) in [5.41, 5.74) is 0. The Morgan fingerprint density at radius 3 is 2.52 bits per heavy atom. The van der Waals surface area contributed by atoms with Gasteiger partial charge in [0.2, 0.25) is 12.2 Å². The Bertz CT molecular complexity index is 532. The number of ether oxygens (including phenoxy) is 2. The minimum absolute atomic E-state index is 0.234. The average molecular weight is 323 g/mol. The molecule has 0 saturated carbocycles. The molecule has 10 heteroatoms. The van der Waals surface area contributed by atoms with E-state index in [-0.39, 0.29) is 12.5 Å². The number of carbonyl (C=O) groups excluding carboxylic acids is 2. The predicted octanol–water partition coefficient (Wildman–Crippen LogP) is -0.925. The normalized spacial score (nSPS) is 38.1. The Hall–Kier alpha value is -1.23. The maximum atomic E-state index is 11.4. The minimum Gasteiger partial charge on any atom is -0.434 e. The van der Waals surface area contributed by atoms with E-state index in [0.29, 0.717) is 0 Å². The molecule has 1 N–H and O–H groups in total. The van der Waals surface area contributed by atoms with Crippen molar-refractivity contribution in [3.63, 3.8) is 0 Å². The van der Waals surface area contributed by atoms with Crippen LogP contribution in [0.5, 0.6) is 0 Å². The molecule has 2 rings (SSSR count). The van der Waals surface area contributed by atoms with Crippen LogP contribution in [0, 0.1) is 5.92 Å². The molecule has 0 aromatic rings. The fraction of sp³-hybridized carbons (Fsp3) is 0.818. The van der Waals surface area contributed by atoms with Crippen LogP contribution in [0.25, 0.3) is 0 Å². The van der Waals surface area contributed by atoms with E-state index < -0.39 is 46.8 Å². The monoisotopic (exact) mass is 323 g/mol. The van der Waals surface area contributed by atoms with Crippen LogP contribution in [-0.4, -0.2) is 51.4 Å². The Morgan fingerprint density at radius 2 is 1.95 bits per heavy atom. The summed E-state index contributed by atoms with van der Waals surface area (Å²) in [5, 5.41) is 2.59. The lowest BCUT2D eigenvalue weighted by Crippen LogP contribution is -2.63. The number of nitrogens with one attached hydrogen (secondary N) is 1. The number of esters is 1. The van der Waals surface area contributed by atoms with Crippen LogP contribution in [0.3, 0.4) is 0 Å². The first-order valence-corrected chi connectivity index (χ1v) is 7.70. The van der Waals surface area contributed by atoms with Crippen molar-refractivity contribution >= 4 is 22.3 Å². The van der Waals surface area contributed by atoms with Crippen LogP contribution in [0.15, 0.2) is 0 Å². The van der Waals surface area contributed by atoms with Gasteiger partial charge in [-0.05, 0) is 0 Å². The number of amides is 1. The van der Waals surface area contributed by atoms with E-state index in [1.807, 2.05) is 0 Å². The molecule has 5 atom stereocenters. The van der Waals surface area contributed by atoms with Gasteiger partial charge in [-0.15, -0.1) is 0 Å². The average Bonchev–Trinajstić information content (AvgIpc) is 2.34. The Kier molecular flexibility index (Phi) is 4.51. The van der Waals surface area contributed by atoms with Gasteiger partial charge in [0.25, 0.3) is 0 Å². The van der Waals surface area contributed by atoms with Crippen molar-refractivity contribution in [2.45, 2.75) is 45.3 Å². The summed E-state index contributed by atoms with van der Waals surface area (Å²) in [5.74, 6) is -1.40. The lowest BCUT2D eigenvalue weighted by atomic mass is 9.88. The van der Waals surface area contributed by atoms with E-state index in [0.717, 1.165) is 0 Å². The van der Waals surface area contributed by atoms with Crippen molar-refractivity contribution in [3.8, 4) is 0 Å². The van der Waals surface area contributed by atoms with Crippen molar-refractivity contribution in [1.82, 2.24) is 5.32 Å². The number of hydrogen-bond donors (Lipinski definition) is 1. The molecular weight excluding hydrogens is 306 g/mol. The van der Waals surface area contributed by atoms with Crippen molar-refractivity contribution < 1.29 is 35.8 Å².